The van der Waals surface area contributed by atoms with Crippen molar-refractivity contribution in [3.8, 4) is 0 Å². The van der Waals surface area contributed by atoms with E-state index in [1.807, 2.05) is 30.3 Å². The van der Waals surface area contributed by atoms with Crippen molar-refractivity contribution >= 4 is 21.9 Å². The topological polar surface area (TPSA) is 45.4 Å². The fourth-order valence-corrected chi connectivity index (χ4v) is 4.58. The summed E-state index contributed by atoms with van der Waals surface area (Å²) in [5.74, 6) is 0. The summed E-state index contributed by atoms with van der Waals surface area (Å²) in [7, 11) is 0. The molecular formula is C20H21NO2. The second kappa shape index (κ2) is 4.83. The van der Waals surface area contributed by atoms with Crippen LogP contribution in [0.5, 0.6) is 0 Å². The standard InChI is InChI=1S/C20H21NO2/c22-20(11-14-4-3-5-15(12-20)21-14)13-8-9-19-17(10-13)16-6-1-2-7-18(16)23-19/h1-2,6-10,14-15,21-22H,3-5,11-12H2. The van der Waals surface area contributed by atoms with E-state index in [1.165, 1.54) is 19.3 Å². The molecule has 2 N–H and O–H groups in total. The molecule has 2 atom stereocenters. The maximum Gasteiger partial charge on any atom is 0.135 e. The Morgan fingerprint density at radius 1 is 0.957 bits per heavy atom. The van der Waals surface area contributed by atoms with Crippen LogP contribution in [0.1, 0.15) is 37.7 Å². The van der Waals surface area contributed by atoms with E-state index in [0.29, 0.717) is 12.1 Å². The molecule has 0 spiro atoms. The van der Waals surface area contributed by atoms with E-state index < -0.39 is 5.60 Å². The predicted molar refractivity (Wildman–Crippen MR) is 91.4 cm³/mol. The first-order valence-electron chi connectivity index (χ1n) is 8.61. The van der Waals surface area contributed by atoms with Crippen molar-refractivity contribution in [2.45, 2.75) is 49.8 Å². The van der Waals surface area contributed by atoms with Gasteiger partial charge in [-0.1, -0.05) is 30.7 Å². The molecule has 2 saturated heterocycles. The van der Waals surface area contributed by atoms with E-state index >= 15 is 0 Å². The van der Waals surface area contributed by atoms with Crippen LogP contribution in [0.4, 0.5) is 0 Å². The molecule has 2 aromatic carbocycles. The third kappa shape index (κ3) is 2.11. The number of piperidine rings is 2. The van der Waals surface area contributed by atoms with Crippen molar-refractivity contribution in [1.82, 2.24) is 5.32 Å². The molecule has 23 heavy (non-hydrogen) atoms. The van der Waals surface area contributed by atoms with Crippen LogP contribution < -0.4 is 5.32 Å². The Hall–Kier alpha value is -1.84. The number of nitrogens with one attached hydrogen (secondary N) is 1. The zero-order valence-electron chi connectivity index (χ0n) is 13.1. The maximum absolute atomic E-state index is 11.3. The molecule has 1 aromatic heterocycles. The molecule has 3 aromatic rings. The quantitative estimate of drug-likeness (QED) is 0.712. The van der Waals surface area contributed by atoms with Gasteiger partial charge in [0, 0.05) is 22.9 Å². The van der Waals surface area contributed by atoms with Gasteiger partial charge < -0.3 is 14.8 Å². The van der Waals surface area contributed by atoms with E-state index in [-0.39, 0.29) is 0 Å². The van der Waals surface area contributed by atoms with Gasteiger partial charge in [0.15, 0.2) is 0 Å². The van der Waals surface area contributed by atoms with Crippen LogP contribution in [0.3, 0.4) is 0 Å². The van der Waals surface area contributed by atoms with Crippen molar-refractivity contribution in [1.29, 1.82) is 0 Å². The molecule has 2 unspecified atom stereocenters. The highest BCUT2D eigenvalue weighted by molar-refractivity contribution is 6.05. The lowest BCUT2D eigenvalue weighted by Gasteiger charge is -2.45. The van der Waals surface area contributed by atoms with E-state index in [4.69, 9.17) is 4.42 Å². The van der Waals surface area contributed by atoms with Gasteiger partial charge in [-0.3, -0.25) is 0 Å². The molecule has 0 saturated carbocycles. The van der Waals surface area contributed by atoms with Crippen LogP contribution in [0.2, 0.25) is 0 Å². The minimum atomic E-state index is -0.715. The number of furan rings is 1. The zero-order chi connectivity index (χ0) is 15.4. The normalized spacial score (nSPS) is 30.8. The van der Waals surface area contributed by atoms with Gasteiger partial charge in [-0.2, -0.15) is 0 Å². The number of fused-ring (bicyclic) bond motifs is 5. The molecule has 3 heteroatoms. The second-order valence-electron chi connectivity index (χ2n) is 7.24. The van der Waals surface area contributed by atoms with Crippen LogP contribution in [-0.2, 0) is 5.60 Å². The molecule has 118 valence electrons. The van der Waals surface area contributed by atoms with Crippen molar-refractivity contribution in [2.24, 2.45) is 0 Å². The highest BCUT2D eigenvalue weighted by atomic mass is 16.3. The first kappa shape index (κ1) is 13.6. The summed E-state index contributed by atoms with van der Waals surface area (Å²) in [6, 6.07) is 15.2. The third-order valence-electron chi connectivity index (χ3n) is 5.66. The second-order valence-corrected chi connectivity index (χ2v) is 7.24. The molecule has 3 heterocycles. The van der Waals surface area contributed by atoms with Gasteiger partial charge in [0.25, 0.3) is 0 Å². The van der Waals surface area contributed by atoms with Crippen LogP contribution in [-0.4, -0.2) is 17.2 Å². The Morgan fingerprint density at radius 2 is 1.70 bits per heavy atom. The fourth-order valence-electron chi connectivity index (χ4n) is 4.58. The fraction of sp³-hybridized carbons (Fsp3) is 0.400. The number of hydrogen-bond acceptors (Lipinski definition) is 3. The molecular weight excluding hydrogens is 286 g/mol. The largest absolute Gasteiger partial charge is 0.456 e. The molecule has 2 aliphatic rings. The average Bonchev–Trinajstić information content (AvgIpc) is 2.92. The first-order valence-corrected chi connectivity index (χ1v) is 8.61. The Balaban J connectivity index is 1.63. The summed E-state index contributed by atoms with van der Waals surface area (Å²) in [6.07, 6.45) is 5.25. The van der Waals surface area contributed by atoms with E-state index in [2.05, 4.69) is 17.4 Å². The minimum absolute atomic E-state index is 0.448. The Bertz CT molecular complexity index is 870. The highest BCUT2D eigenvalue weighted by Crippen LogP contribution is 2.41. The predicted octanol–water partition coefficient (Wildman–Crippen LogP) is 4.08. The molecule has 2 fully saturated rings. The number of benzene rings is 2. The highest BCUT2D eigenvalue weighted by Gasteiger charge is 2.41. The van der Waals surface area contributed by atoms with E-state index in [0.717, 1.165) is 40.3 Å². The molecule has 0 amide bonds. The van der Waals surface area contributed by atoms with Gasteiger partial charge >= 0.3 is 0 Å². The van der Waals surface area contributed by atoms with Gasteiger partial charge in [-0.25, -0.2) is 0 Å². The summed E-state index contributed by atoms with van der Waals surface area (Å²) in [6.45, 7) is 0. The Labute approximate surface area is 135 Å². The summed E-state index contributed by atoms with van der Waals surface area (Å²) >= 11 is 0. The Morgan fingerprint density at radius 3 is 2.52 bits per heavy atom. The van der Waals surface area contributed by atoms with Gasteiger partial charge in [0.2, 0.25) is 0 Å². The summed E-state index contributed by atoms with van der Waals surface area (Å²) in [5.41, 5.74) is 2.13. The number of rotatable bonds is 1. The molecule has 2 bridgehead atoms. The van der Waals surface area contributed by atoms with Crippen LogP contribution >= 0.6 is 0 Å². The summed E-state index contributed by atoms with van der Waals surface area (Å²) in [4.78, 5) is 0. The smallest absolute Gasteiger partial charge is 0.135 e. The van der Waals surface area contributed by atoms with Gasteiger partial charge in [-0.05, 0) is 49.4 Å². The van der Waals surface area contributed by atoms with Crippen molar-refractivity contribution in [3.63, 3.8) is 0 Å². The van der Waals surface area contributed by atoms with E-state index in [1.54, 1.807) is 0 Å². The molecule has 0 aliphatic carbocycles. The number of aliphatic hydroxyl groups is 1. The molecule has 3 nitrogen and oxygen atoms in total. The van der Waals surface area contributed by atoms with Crippen LogP contribution in [0, 0.1) is 0 Å². The maximum atomic E-state index is 11.3. The van der Waals surface area contributed by atoms with Crippen LogP contribution in [0.15, 0.2) is 46.9 Å². The minimum Gasteiger partial charge on any atom is -0.456 e. The number of para-hydroxylation sites is 1. The molecule has 5 rings (SSSR count). The van der Waals surface area contributed by atoms with Crippen molar-refractivity contribution < 1.29 is 9.52 Å². The first-order chi connectivity index (χ1) is 11.2. The lowest BCUT2D eigenvalue weighted by molar-refractivity contribution is -0.0357. The number of hydrogen-bond donors (Lipinski definition) is 2. The average molecular weight is 307 g/mol. The van der Waals surface area contributed by atoms with Gasteiger partial charge in [0.05, 0.1) is 5.60 Å². The van der Waals surface area contributed by atoms with Crippen LogP contribution in [0.25, 0.3) is 21.9 Å². The lowest BCUT2D eigenvalue weighted by Crippen LogP contribution is -2.54. The van der Waals surface area contributed by atoms with Crippen molar-refractivity contribution in [2.75, 3.05) is 0 Å². The monoisotopic (exact) mass is 307 g/mol. The summed E-state index contributed by atoms with van der Waals surface area (Å²) < 4.78 is 5.91. The molecule has 0 radical (unpaired) electrons. The zero-order valence-corrected chi connectivity index (χ0v) is 13.1. The SMILES string of the molecule is OC1(c2ccc3oc4ccccc4c3c2)CC2CCCC(C1)N2. The van der Waals surface area contributed by atoms with E-state index in [9.17, 15) is 5.11 Å². The third-order valence-corrected chi connectivity index (χ3v) is 5.66. The lowest BCUT2D eigenvalue weighted by atomic mass is 9.74. The van der Waals surface area contributed by atoms with Gasteiger partial charge in [-0.15, -0.1) is 0 Å². The van der Waals surface area contributed by atoms with Gasteiger partial charge in [0.1, 0.15) is 11.2 Å². The van der Waals surface area contributed by atoms with Crippen molar-refractivity contribution in [3.05, 3.63) is 48.0 Å². The Kier molecular flexibility index (Phi) is 2.85. The molecule has 2 aliphatic heterocycles. The summed E-state index contributed by atoms with van der Waals surface area (Å²) in [5, 5.41) is 17.2.